The lowest BCUT2D eigenvalue weighted by Crippen LogP contribution is -2.23. The van der Waals surface area contributed by atoms with Gasteiger partial charge in [0.1, 0.15) is 11.9 Å². The van der Waals surface area contributed by atoms with Gasteiger partial charge in [-0.05, 0) is 17.7 Å². The van der Waals surface area contributed by atoms with Gasteiger partial charge in [0.05, 0.1) is 0 Å². The molecule has 0 aliphatic carbocycles. The molecule has 4 heteroatoms. The van der Waals surface area contributed by atoms with Crippen LogP contribution in [0.5, 0.6) is 5.75 Å². The first-order valence-corrected chi connectivity index (χ1v) is 4.99. The summed E-state index contributed by atoms with van der Waals surface area (Å²) in [6.45, 7) is 5.69. The minimum atomic E-state index is -1.30. The van der Waals surface area contributed by atoms with E-state index in [1.807, 2.05) is 20.8 Å². The van der Waals surface area contributed by atoms with E-state index in [0.29, 0.717) is 0 Å². The molecule has 0 bridgehead atoms. The molecule has 2 N–H and O–H groups in total. The maximum Gasteiger partial charge on any atom is 0.506 e. The highest BCUT2D eigenvalue weighted by Gasteiger charge is 2.29. The molecule has 0 aromatic heterocycles. The van der Waals surface area contributed by atoms with E-state index >= 15 is 0 Å². The Bertz CT molecular complexity index is 362. The SMILES string of the molecule is CC(C)(C)C(OC(=O)O)c1ccc(O)cc1. The van der Waals surface area contributed by atoms with Crippen LogP contribution in [0.4, 0.5) is 4.79 Å². The van der Waals surface area contributed by atoms with Crippen LogP contribution in [-0.4, -0.2) is 16.4 Å². The van der Waals surface area contributed by atoms with Gasteiger partial charge in [-0.25, -0.2) is 4.79 Å². The van der Waals surface area contributed by atoms with Crippen LogP contribution in [0, 0.1) is 5.41 Å². The van der Waals surface area contributed by atoms with Crippen molar-refractivity contribution in [3.05, 3.63) is 29.8 Å². The average molecular weight is 224 g/mol. The van der Waals surface area contributed by atoms with Crippen molar-refractivity contribution in [2.24, 2.45) is 5.41 Å². The van der Waals surface area contributed by atoms with Crippen LogP contribution in [0.1, 0.15) is 32.4 Å². The van der Waals surface area contributed by atoms with E-state index in [9.17, 15) is 4.79 Å². The van der Waals surface area contributed by atoms with Gasteiger partial charge >= 0.3 is 6.16 Å². The van der Waals surface area contributed by atoms with E-state index in [-0.39, 0.29) is 11.2 Å². The van der Waals surface area contributed by atoms with Crippen LogP contribution in [0.15, 0.2) is 24.3 Å². The fraction of sp³-hybridized carbons (Fsp3) is 0.417. The van der Waals surface area contributed by atoms with Crippen molar-refractivity contribution in [3.63, 3.8) is 0 Å². The molecule has 0 saturated carbocycles. The Morgan fingerprint density at radius 2 is 1.75 bits per heavy atom. The molecule has 0 saturated heterocycles. The Labute approximate surface area is 94.5 Å². The van der Waals surface area contributed by atoms with Crippen LogP contribution in [0.2, 0.25) is 0 Å². The fourth-order valence-electron chi connectivity index (χ4n) is 1.49. The zero-order valence-corrected chi connectivity index (χ0v) is 9.60. The first kappa shape index (κ1) is 12.4. The number of hydrogen-bond donors (Lipinski definition) is 2. The van der Waals surface area contributed by atoms with E-state index in [2.05, 4.69) is 0 Å². The smallest absolute Gasteiger partial charge is 0.506 e. The van der Waals surface area contributed by atoms with Crippen LogP contribution >= 0.6 is 0 Å². The van der Waals surface area contributed by atoms with Crippen molar-refractivity contribution in [3.8, 4) is 5.75 Å². The molecule has 88 valence electrons. The van der Waals surface area contributed by atoms with Gasteiger partial charge in [-0.1, -0.05) is 32.9 Å². The number of phenolic OH excluding ortho intramolecular Hbond substituents is 1. The van der Waals surface area contributed by atoms with Crippen LogP contribution in [0.3, 0.4) is 0 Å². The molecule has 1 aromatic carbocycles. The summed E-state index contributed by atoms with van der Waals surface area (Å²) in [6.07, 6.45) is -1.85. The fourth-order valence-corrected chi connectivity index (χ4v) is 1.49. The maximum atomic E-state index is 10.6. The maximum absolute atomic E-state index is 10.6. The number of aromatic hydroxyl groups is 1. The molecular formula is C12H16O4. The summed E-state index contributed by atoms with van der Waals surface area (Å²) in [5, 5.41) is 17.9. The van der Waals surface area contributed by atoms with Crippen molar-refractivity contribution < 1.29 is 19.7 Å². The summed E-state index contributed by atoms with van der Waals surface area (Å²) in [5.74, 6) is 0.145. The molecule has 1 unspecified atom stereocenters. The third-order valence-electron chi connectivity index (χ3n) is 2.20. The molecule has 0 aliphatic rings. The van der Waals surface area contributed by atoms with E-state index < -0.39 is 12.3 Å². The zero-order valence-electron chi connectivity index (χ0n) is 9.60. The van der Waals surface area contributed by atoms with E-state index in [1.54, 1.807) is 12.1 Å². The molecule has 0 radical (unpaired) electrons. The van der Waals surface area contributed by atoms with Crippen LogP contribution in [0.25, 0.3) is 0 Å². The van der Waals surface area contributed by atoms with Crippen molar-refractivity contribution >= 4 is 6.16 Å². The predicted molar refractivity (Wildman–Crippen MR) is 59.4 cm³/mol. The number of carbonyl (C=O) groups is 1. The number of phenols is 1. The second kappa shape index (κ2) is 4.43. The Hall–Kier alpha value is -1.71. The predicted octanol–water partition coefficient (Wildman–Crippen LogP) is 3.17. The van der Waals surface area contributed by atoms with Crippen molar-refractivity contribution in [2.45, 2.75) is 26.9 Å². The Kier molecular flexibility index (Phi) is 3.42. The minimum Gasteiger partial charge on any atom is -0.508 e. The summed E-state index contributed by atoms with van der Waals surface area (Å²) in [5.41, 5.74) is 0.391. The number of benzene rings is 1. The molecule has 16 heavy (non-hydrogen) atoms. The largest absolute Gasteiger partial charge is 0.508 e. The van der Waals surface area contributed by atoms with Crippen LogP contribution in [-0.2, 0) is 4.74 Å². The number of carboxylic acid groups (broad SMARTS) is 1. The Balaban J connectivity index is 3.01. The highest BCUT2D eigenvalue weighted by Crippen LogP contribution is 2.36. The molecule has 4 nitrogen and oxygen atoms in total. The Morgan fingerprint density at radius 3 is 2.12 bits per heavy atom. The number of rotatable bonds is 2. The summed E-state index contributed by atoms with van der Waals surface area (Å²) < 4.78 is 4.88. The van der Waals surface area contributed by atoms with Gasteiger partial charge in [0, 0.05) is 5.41 Å². The highest BCUT2D eigenvalue weighted by atomic mass is 16.7. The topological polar surface area (TPSA) is 66.8 Å². The van der Waals surface area contributed by atoms with Gasteiger partial charge < -0.3 is 14.9 Å². The summed E-state index contributed by atoms with van der Waals surface area (Å²) in [4.78, 5) is 10.6. The molecular weight excluding hydrogens is 208 g/mol. The zero-order chi connectivity index (χ0) is 12.3. The third kappa shape index (κ3) is 3.15. The van der Waals surface area contributed by atoms with E-state index in [4.69, 9.17) is 14.9 Å². The van der Waals surface area contributed by atoms with Gasteiger partial charge in [0.25, 0.3) is 0 Å². The van der Waals surface area contributed by atoms with Gasteiger partial charge in [0.15, 0.2) is 0 Å². The molecule has 0 amide bonds. The Morgan fingerprint density at radius 1 is 1.25 bits per heavy atom. The van der Waals surface area contributed by atoms with Gasteiger partial charge in [0.2, 0.25) is 0 Å². The van der Waals surface area contributed by atoms with E-state index in [0.717, 1.165) is 5.56 Å². The lowest BCUT2D eigenvalue weighted by molar-refractivity contribution is -0.000431. The van der Waals surface area contributed by atoms with Crippen molar-refractivity contribution in [1.82, 2.24) is 0 Å². The first-order valence-electron chi connectivity index (χ1n) is 4.99. The van der Waals surface area contributed by atoms with Crippen molar-refractivity contribution in [2.75, 3.05) is 0 Å². The second-order valence-corrected chi connectivity index (χ2v) is 4.72. The minimum absolute atomic E-state index is 0.145. The molecule has 1 aromatic rings. The van der Waals surface area contributed by atoms with Gasteiger partial charge in [-0.2, -0.15) is 0 Å². The lowest BCUT2D eigenvalue weighted by atomic mass is 9.84. The molecule has 0 fully saturated rings. The lowest BCUT2D eigenvalue weighted by Gasteiger charge is -2.29. The average Bonchev–Trinajstić information content (AvgIpc) is 2.14. The highest BCUT2D eigenvalue weighted by molar-refractivity contribution is 5.57. The standard InChI is InChI=1S/C12H16O4/c1-12(2,3)10(16-11(14)15)8-4-6-9(13)7-5-8/h4-7,10,13H,1-3H3,(H,14,15). The monoisotopic (exact) mass is 224 g/mol. The quantitative estimate of drug-likeness (QED) is 0.757. The number of hydrogen-bond acceptors (Lipinski definition) is 3. The van der Waals surface area contributed by atoms with Gasteiger partial charge in [-0.3, -0.25) is 0 Å². The molecule has 1 rings (SSSR count). The van der Waals surface area contributed by atoms with E-state index in [1.165, 1.54) is 12.1 Å². The summed E-state index contributed by atoms with van der Waals surface area (Å²) in [6, 6.07) is 6.35. The first-order chi connectivity index (χ1) is 7.30. The molecule has 0 spiro atoms. The summed E-state index contributed by atoms with van der Waals surface area (Å²) >= 11 is 0. The molecule has 0 heterocycles. The third-order valence-corrected chi connectivity index (χ3v) is 2.20. The normalized spacial score (nSPS) is 13.2. The second-order valence-electron chi connectivity index (χ2n) is 4.72. The molecule has 1 atom stereocenters. The van der Waals surface area contributed by atoms with Gasteiger partial charge in [-0.15, -0.1) is 0 Å². The number of ether oxygens (including phenoxy) is 1. The van der Waals surface area contributed by atoms with Crippen molar-refractivity contribution in [1.29, 1.82) is 0 Å². The molecule has 0 aliphatic heterocycles. The van der Waals surface area contributed by atoms with Crippen LogP contribution < -0.4 is 0 Å². The summed E-state index contributed by atoms with van der Waals surface area (Å²) in [7, 11) is 0.